The van der Waals surface area contributed by atoms with Gasteiger partial charge in [-0.3, -0.25) is 0 Å². The summed E-state index contributed by atoms with van der Waals surface area (Å²) in [6.45, 7) is 0. The second-order valence-electron chi connectivity index (χ2n) is 3.59. The Morgan fingerprint density at radius 2 is 1.53 bits per heavy atom. The lowest BCUT2D eigenvalue weighted by molar-refractivity contribution is 0.0734. The van der Waals surface area contributed by atoms with E-state index in [4.69, 9.17) is 27.9 Å². The molecule has 0 N–H and O–H groups in total. The molecule has 0 fully saturated rings. The molecule has 0 spiro atoms. The smallest absolute Gasteiger partial charge is 0.343 e. The zero-order valence-electron chi connectivity index (χ0n) is 9.29. The summed E-state index contributed by atoms with van der Waals surface area (Å²) in [4.78, 5) is 11.7. The van der Waals surface area contributed by atoms with Crippen molar-refractivity contribution in [2.45, 2.75) is 0 Å². The van der Waals surface area contributed by atoms with Crippen molar-refractivity contribution in [3.05, 3.63) is 63.6 Å². The van der Waals surface area contributed by atoms with Crippen LogP contribution < -0.4 is 4.74 Å². The van der Waals surface area contributed by atoms with Crippen molar-refractivity contribution in [2.24, 2.45) is 0 Å². The zero-order valence-corrected chi connectivity index (χ0v) is 10.8. The van der Waals surface area contributed by atoms with Gasteiger partial charge in [0, 0.05) is 6.07 Å². The van der Waals surface area contributed by atoms with E-state index in [1.807, 2.05) is 0 Å². The Kier molecular flexibility index (Phi) is 4.02. The molecule has 2 rings (SSSR count). The van der Waals surface area contributed by atoms with Gasteiger partial charge in [-0.2, -0.15) is 0 Å². The predicted molar refractivity (Wildman–Crippen MR) is 67.8 cm³/mol. The summed E-state index contributed by atoms with van der Waals surface area (Å²) in [6.07, 6.45) is 0. The lowest BCUT2D eigenvalue weighted by Crippen LogP contribution is -2.08. The highest BCUT2D eigenvalue weighted by atomic mass is 35.5. The molecule has 0 amide bonds. The molecular weight excluding hydrogens is 297 g/mol. The van der Waals surface area contributed by atoms with E-state index in [9.17, 15) is 13.6 Å². The Hall–Kier alpha value is -1.65. The average molecular weight is 303 g/mol. The molecule has 6 heteroatoms. The maximum Gasteiger partial charge on any atom is 0.343 e. The van der Waals surface area contributed by atoms with Crippen molar-refractivity contribution in [3.63, 3.8) is 0 Å². The van der Waals surface area contributed by atoms with Crippen molar-refractivity contribution >= 4 is 29.2 Å². The molecule has 0 atom stereocenters. The van der Waals surface area contributed by atoms with Gasteiger partial charge in [0.05, 0.1) is 15.6 Å². The van der Waals surface area contributed by atoms with Gasteiger partial charge in [0.15, 0.2) is 0 Å². The van der Waals surface area contributed by atoms with Crippen LogP contribution in [0.1, 0.15) is 10.4 Å². The first-order chi connectivity index (χ1) is 8.97. The number of rotatable bonds is 2. The minimum Gasteiger partial charge on any atom is -0.423 e. The van der Waals surface area contributed by atoms with Gasteiger partial charge in [0.25, 0.3) is 0 Å². The summed E-state index contributed by atoms with van der Waals surface area (Å²) in [7, 11) is 0. The number of ether oxygens (including phenoxy) is 1. The summed E-state index contributed by atoms with van der Waals surface area (Å²) < 4.78 is 30.8. The van der Waals surface area contributed by atoms with E-state index in [0.717, 1.165) is 18.2 Å². The highest BCUT2D eigenvalue weighted by Gasteiger charge is 2.12. The first-order valence-corrected chi connectivity index (χ1v) is 5.85. The van der Waals surface area contributed by atoms with Gasteiger partial charge in [0.2, 0.25) is 0 Å². The minimum absolute atomic E-state index is 0.0758. The number of carbonyl (C=O) groups excluding carboxylic acids is 1. The molecule has 0 aliphatic carbocycles. The van der Waals surface area contributed by atoms with Crippen molar-refractivity contribution in [2.75, 3.05) is 0 Å². The van der Waals surface area contributed by atoms with Crippen molar-refractivity contribution in [1.82, 2.24) is 0 Å². The molecule has 2 nitrogen and oxygen atoms in total. The summed E-state index contributed by atoms with van der Waals surface area (Å²) in [5, 5.41) is -0.353. The van der Waals surface area contributed by atoms with E-state index in [-0.39, 0.29) is 21.4 Å². The molecule has 0 bridgehead atoms. The lowest BCUT2D eigenvalue weighted by Gasteiger charge is -2.05. The molecule has 0 saturated heterocycles. The van der Waals surface area contributed by atoms with Crippen molar-refractivity contribution in [3.8, 4) is 5.75 Å². The largest absolute Gasteiger partial charge is 0.423 e. The number of carbonyl (C=O) groups is 1. The minimum atomic E-state index is -0.746. The molecular formula is C13H6Cl2F2O2. The molecule has 2 aromatic carbocycles. The van der Waals surface area contributed by atoms with E-state index < -0.39 is 17.6 Å². The van der Waals surface area contributed by atoms with Crippen LogP contribution in [0.3, 0.4) is 0 Å². The van der Waals surface area contributed by atoms with Crippen LogP contribution in [0.15, 0.2) is 36.4 Å². The van der Waals surface area contributed by atoms with Gasteiger partial charge in [0.1, 0.15) is 17.4 Å². The summed E-state index contributed by atoms with van der Waals surface area (Å²) in [5.74, 6) is -1.92. The van der Waals surface area contributed by atoms with Gasteiger partial charge in [-0.05, 0) is 30.3 Å². The van der Waals surface area contributed by atoms with Gasteiger partial charge < -0.3 is 4.74 Å². The van der Waals surface area contributed by atoms with E-state index in [0.29, 0.717) is 0 Å². The first kappa shape index (κ1) is 13.8. The van der Waals surface area contributed by atoms with E-state index >= 15 is 0 Å². The van der Waals surface area contributed by atoms with Gasteiger partial charge >= 0.3 is 5.97 Å². The Morgan fingerprint density at radius 3 is 2.11 bits per heavy atom. The van der Waals surface area contributed by atoms with Crippen molar-refractivity contribution < 1.29 is 18.3 Å². The van der Waals surface area contributed by atoms with E-state index in [2.05, 4.69) is 0 Å². The van der Waals surface area contributed by atoms with Gasteiger partial charge in [-0.25, -0.2) is 13.6 Å². The Morgan fingerprint density at radius 1 is 0.947 bits per heavy atom. The third-order valence-electron chi connectivity index (χ3n) is 2.26. The normalized spacial score (nSPS) is 10.3. The molecule has 0 heterocycles. The van der Waals surface area contributed by atoms with Crippen LogP contribution in [0.4, 0.5) is 8.78 Å². The van der Waals surface area contributed by atoms with Crippen LogP contribution in [0.25, 0.3) is 0 Å². The lowest BCUT2D eigenvalue weighted by atomic mass is 10.2. The van der Waals surface area contributed by atoms with Crippen LogP contribution >= 0.6 is 23.2 Å². The molecule has 0 radical (unpaired) electrons. The maximum absolute atomic E-state index is 12.9. The molecule has 19 heavy (non-hydrogen) atoms. The molecule has 0 aliphatic heterocycles. The van der Waals surface area contributed by atoms with E-state index in [1.165, 1.54) is 18.2 Å². The standard InChI is InChI=1S/C13H6Cl2F2O2/c14-9-5-7(1-3-11(9)16)13(18)19-8-2-4-12(17)10(15)6-8/h1-6H. The first-order valence-electron chi connectivity index (χ1n) is 5.09. The van der Waals surface area contributed by atoms with Gasteiger partial charge in [-0.15, -0.1) is 0 Å². The molecule has 0 unspecified atom stereocenters. The quantitative estimate of drug-likeness (QED) is 0.603. The van der Waals surface area contributed by atoms with E-state index in [1.54, 1.807) is 0 Å². The SMILES string of the molecule is O=C(Oc1ccc(F)c(Cl)c1)c1ccc(F)c(Cl)c1. The number of esters is 1. The van der Waals surface area contributed by atoms with Crippen LogP contribution in [0, 0.1) is 11.6 Å². The summed E-state index contributed by atoms with van der Waals surface area (Å²) >= 11 is 11.1. The second-order valence-corrected chi connectivity index (χ2v) is 4.41. The summed E-state index contributed by atoms with van der Waals surface area (Å²) in [5.41, 5.74) is 0.0758. The molecule has 0 saturated carbocycles. The number of benzene rings is 2. The topological polar surface area (TPSA) is 26.3 Å². The molecule has 2 aromatic rings. The fraction of sp³-hybridized carbons (Fsp3) is 0. The molecule has 98 valence electrons. The zero-order chi connectivity index (χ0) is 14.0. The highest BCUT2D eigenvalue weighted by molar-refractivity contribution is 6.31. The number of halogens is 4. The number of hydrogen-bond donors (Lipinski definition) is 0. The highest BCUT2D eigenvalue weighted by Crippen LogP contribution is 2.23. The van der Waals surface area contributed by atoms with Crippen LogP contribution in [0.2, 0.25) is 10.0 Å². The predicted octanol–water partition coefficient (Wildman–Crippen LogP) is 4.49. The second kappa shape index (κ2) is 5.55. The molecule has 0 aliphatic rings. The third kappa shape index (κ3) is 3.22. The van der Waals surface area contributed by atoms with Gasteiger partial charge in [-0.1, -0.05) is 23.2 Å². The Bertz CT molecular complexity index is 645. The fourth-order valence-corrected chi connectivity index (χ4v) is 1.68. The van der Waals surface area contributed by atoms with Crippen LogP contribution in [-0.2, 0) is 0 Å². The average Bonchev–Trinajstić information content (AvgIpc) is 2.37. The Labute approximate surface area is 117 Å². The monoisotopic (exact) mass is 302 g/mol. The van der Waals surface area contributed by atoms with Crippen molar-refractivity contribution in [1.29, 1.82) is 0 Å². The maximum atomic E-state index is 12.9. The summed E-state index contributed by atoms with van der Waals surface area (Å²) in [6, 6.07) is 6.92. The fourth-order valence-electron chi connectivity index (χ4n) is 1.33. The Balaban J connectivity index is 2.20. The van der Waals surface area contributed by atoms with Crippen LogP contribution in [0.5, 0.6) is 5.75 Å². The molecule has 0 aromatic heterocycles. The van der Waals surface area contributed by atoms with Crippen LogP contribution in [-0.4, -0.2) is 5.97 Å². The number of hydrogen-bond acceptors (Lipinski definition) is 2. The third-order valence-corrected chi connectivity index (χ3v) is 2.84.